The van der Waals surface area contributed by atoms with Gasteiger partial charge in [0.2, 0.25) is 0 Å². The minimum absolute atomic E-state index is 0.300. The largest absolute Gasteiger partial charge is 0.464 e. The Morgan fingerprint density at radius 3 is 2.35 bits per heavy atom. The standard InChI is InChI=1S/C15H27NO4/c1-3-5-6-9-12-20-13(17)15(10-7-8-11-15)16-14(18)19-4-2/h3-12H2,1-2H3,(H,16,18). The van der Waals surface area contributed by atoms with Crippen molar-refractivity contribution in [1.29, 1.82) is 0 Å². The number of nitrogens with one attached hydrogen (secondary N) is 1. The molecule has 1 rings (SSSR count). The number of carbonyl (C=O) groups is 2. The average molecular weight is 285 g/mol. The van der Waals surface area contributed by atoms with Crippen molar-refractivity contribution >= 4 is 12.1 Å². The summed E-state index contributed by atoms with van der Waals surface area (Å²) in [4.78, 5) is 23.8. The van der Waals surface area contributed by atoms with Gasteiger partial charge in [0.1, 0.15) is 5.54 Å². The Kier molecular flexibility index (Phi) is 7.41. The number of carbonyl (C=O) groups excluding carboxylic acids is 2. The zero-order valence-corrected chi connectivity index (χ0v) is 12.7. The van der Waals surface area contributed by atoms with Crippen LogP contribution in [0.1, 0.15) is 65.2 Å². The first-order valence-electron chi connectivity index (χ1n) is 7.77. The van der Waals surface area contributed by atoms with Crippen molar-refractivity contribution in [2.24, 2.45) is 0 Å². The highest BCUT2D eigenvalue weighted by Crippen LogP contribution is 2.31. The van der Waals surface area contributed by atoms with E-state index in [0.29, 0.717) is 26.1 Å². The van der Waals surface area contributed by atoms with Crippen LogP contribution >= 0.6 is 0 Å². The Bertz CT molecular complexity index is 311. The van der Waals surface area contributed by atoms with Crippen LogP contribution < -0.4 is 5.32 Å². The lowest BCUT2D eigenvalue weighted by Crippen LogP contribution is -2.53. The van der Waals surface area contributed by atoms with Crippen LogP contribution in [0.15, 0.2) is 0 Å². The van der Waals surface area contributed by atoms with E-state index in [1.807, 2.05) is 0 Å². The fourth-order valence-corrected chi connectivity index (χ4v) is 2.55. The summed E-state index contributed by atoms with van der Waals surface area (Å²) >= 11 is 0. The van der Waals surface area contributed by atoms with Crippen LogP contribution in [0.4, 0.5) is 4.79 Å². The number of alkyl carbamates (subject to hydrolysis) is 1. The van der Waals surface area contributed by atoms with Gasteiger partial charge in [-0.3, -0.25) is 0 Å². The van der Waals surface area contributed by atoms with E-state index in [1.54, 1.807) is 6.92 Å². The normalized spacial score (nSPS) is 16.7. The highest BCUT2D eigenvalue weighted by atomic mass is 16.6. The van der Waals surface area contributed by atoms with Crippen LogP contribution in [0.3, 0.4) is 0 Å². The Labute approximate surface area is 121 Å². The first-order valence-corrected chi connectivity index (χ1v) is 7.77. The van der Waals surface area contributed by atoms with Gasteiger partial charge in [-0.15, -0.1) is 0 Å². The molecule has 116 valence electrons. The molecule has 0 aromatic heterocycles. The van der Waals surface area contributed by atoms with Crippen molar-refractivity contribution in [1.82, 2.24) is 5.32 Å². The van der Waals surface area contributed by atoms with E-state index in [1.165, 1.54) is 0 Å². The molecule has 1 fully saturated rings. The fraction of sp³-hybridized carbons (Fsp3) is 0.867. The Balaban J connectivity index is 2.43. The molecule has 1 amide bonds. The second-order valence-corrected chi connectivity index (χ2v) is 5.33. The van der Waals surface area contributed by atoms with Crippen LogP contribution in [0.2, 0.25) is 0 Å². The summed E-state index contributed by atoms with van der Waals surface area (Å²) in [5.74, 6) is -0.306. The van der Waals surface area contributed by atoms with Crippen LogP contribution in [0.5, 0.6) is 0 Å². The lowest BCUT2D eigenvalue weighted by atomic mass is 9.98. The highest BCUT2D eigenvalue weighted by Gasteiger charge is 2.44. The molecule has 0 spiro atoms. The molecule has 0 radical (unpaired) electrons. The van der Waals surface area contributed by atoms with Crippen molar-refractivity contribution in [2.45, 2.75) is 70.8 Å². The van der Waals surface area contributed by atoms with Gasteiger partial charge in [-0.1, -0.05) is 39.0 Å². The summed E-state index contributed by atoms with van der Waals surface area (Å²) in [7, 11) is 0. The minimum atomic E-state index is -0.864. The van der Waals surface area contributed by atoms with Crippen LogP contribution in [-0.4, -0.2) is 30.8 Å². The van der Waals surface area contributed by atoms with Crippen LogP contribution in [-0.2, 0) is 14.3 Å². The quantitative estimate of drug-likeness (QED) is 0.549. The smallest absolute Gasteiger partial charge is 0.408 e. The van der Waals surface area contributed by atoms with Crippen molar-refractivity contribution < 1.29 is 19.1 Å². The predicted molar refractivity (Wildman–Crippen MR) is 76.5 cm³/mol. The van der Waals surface area contributed by atoms with Gasteiger partial charge < -0.3 is 14.8 Å². The molecule has 0 heterocycles. The van der Waals surface area contributed by atoms with Crippen LogP contribution in [0.25, 0.3) is 0 Å². The summed E-state index contributed by atoms with van der Waals surface area (Å²) in [6.07, 6.45) is 6.87. The Morgan fingerprint density at radius 1 is 1.05 bits per heavy atom. The van der Waals surface area contributed by atoms with Crippen molar-refractivity contribution in [3.05, 3.63) is 0 Å². The Morgan fingerprint density at radius 2 is 1.75 bits per heavy atom. The van der Waals surface area contributed by atoms with E-state index in [9.17, 15) is 9.59 Å². The molecule has 0 atom stereocenters. The van der Waals surface area contributed by atoms with Gasteiger partial charge in [0.25, 0.3) is 0 Å². The second-order valence-electron chi connectivity index (χ2n) is 5.33. The molecule has 1 aliphatic rings. The maximum Gasteiger partial charge on any atom is 0.408 e. The SMILES string of the molecule is CCCCCCOC(=O)C1(NC(=O)OCC)CCCC1. The predicted octanol–water partition coefficient (Wildman–Crippen LogP) is 3.17. The van der Waals surface area contributed by atoms with Gasteiger partial charge in [-0.2, -0.15) is 0 Å². The summed E-state index contributed by atoms with van der Waals surface area (Å²) in [6, 6.07) is 0. The molecule has 0 aromatic carbocycles. The van der Waals surface area contributed by atoms with Gasteiger partial charge in [-0.25, -0.2) is 9.59 Å². The fourth-order valence-electron chi connectivity index (χ4n) is 2.55. The van der Waals surface area contributed by atoms with Crippen LogP contribution in [0, 0.1) is 0 Å². The first kappa shape index (κ1) is 16.8. The molecule has 20 heavy (non-hydrogen) atoms. The molecule has 1 N–H and O–H groups in total. The summed E-state index contributed by atoms with van der Waals surface area (Å²) in [5, 5.41) is 2.71. The van der Waals surface area contributed by atoms with Gasteiger partial charge >= 0.3 is 12.1 Å². The first-order chi connectivity index (χ1) is 9.64. The lowest BCUT2D eigenvalue weighted by Gasteiger charge is -2.27. The molecule has 0 unspecified atom stereocenters. The van der Waals surface area contributed by atoms with Gasteiger partial charge in [0, 0.05) is 0 Å². The number of esters is 1. The number of ether oxygens (including phenoxy) is 2. The monoisotopic (exact) mass is 285 g/mol. The molecule has 0 aliphatic heterocycles. The molecule has 0 bridgehead atoms. The Hall–Kier alpha value is -1.26. The number of unbranched alkanes of at least 4 members (excludes halogenated alkanes) is 3. The van der Waals surface area contributed by atoms with E-state index < -0.39 is 11.6 Å². The van der Waals surface area contributed by atoms with Crippen molar-refractivity contribution in [3.63, 3.8) is 0 Å². The zero-order valence-electron chi connectivity index (χ0n) is 12.7. The summed E-state index contributed by atoms with van der Waals surface area (Å²) in [5.41, 5.74) is -0.864. The van der Waals surface area contributed by atoms with E-state index in [4.69, 9.17) is 9.47 Å². The maximum absolute atomic E-state index is 12.2. The zero-order chi connectivity index (χ0) is 14.8. The highest BCUT2D eigenvalue weighted by molar-refractivity contribution is 5.86. The third-order valence-corrected chi connectivity index (χ3v) is 3.70. The summed E-state index contributed by atoms with van der Waals surface area (Å²) < 4.78 is 10.2. The molecular formula is C15H27NO4. The lowest BCUT2D eigenvalue weighted by molar-refractivity contribution is -0.151. The number of hydrogen-bond acceptors (Lipinski definition) is 4. The van der Waals surface area contributed by atoms with Gasteiger partial charge in [0.05, 0.1) is 13.2 Å². The number of amides is 1. The molecule has 5 nitrogen and oxygen atoms in total. The van der Waals surface area contributed by atoms with E-state index >= 15 is 0 Å². The summed E-state index contributed by atoms with van der Waals surface area (Å²) in [6.45, 7) is 4.62. The van der Waals surface area contributed by atoms with Crippen molar-refractivity contribution in [3.8, 4) is 0 Å². The molecule has 5 heteroatoms. The molecule has 0 saturated heterocycles. The van der Waals surface area contributed by atoms with Gasteiger partial charge in [-0.05, 0) is 26.2 Å². The third kappa shape index (κ3) is 5.02. The van der Waals surface area contributed by atoms with Gasteiger partial charge in [0.15, 0.2) is 0 Å². The molecular weight excluding hydrogens is 258 g/mol. The average Bonchev–Trinajstić information content (AvgIpc) is 2.88. The molecule has 1 saturated carbocycles. The maximum atomic E-state index is 12.2. The number of hydrogen-bond donors (Lipinski definition) is 1. The van der Waals surface area contributed by atoms with E-state index in [0.717, 1.165) is 38.5 Å². The third-order valence-electron chi connectivity index (χ3n) is 3.70. The van der Waals surface area contributed by atoms with E-state index in [-0.39, 0.29) is 5.97 Å². The topological polar surface area (TPSA) is 64.6 Å². The van der Waals surface area contributed by atoms with Crippen molar-refractivity contribution in [2.75, 3.05) is 13.2 Å². The minimum Gasteiger partial charge on any atom is -0.464 e. The molecule has 0 aromatic rings. The van der Waals surface area contributed by atoms with E-state index in [2.05, 4.69) is 12.2 Å². The number of rotatable bonds is 8. The second kappa shape index (κ2) is 8.82. The molecule has 1 aliphatic carbocycles.